The highest BCUT2D eigenvalue weighted by atomic mass is 35.5. The first-order chi connectivity index (χ1) is 9.69. The summed E-state index contributed by atoms with van der Waals surface area (Å²) in [5, 5.41) is 12.4. The maximum Gasteiger partial charge on any atom is 0.242 e. The van der Waals surface area contributed by atoms with E-state index in [-0.39, 0.29) is 5.91 Å². The van der Waals surface area contributed by atoms with E-state index in [9.17, 15) is 4.79 Å². The quantitative estimate of drug-likeness (QED) is 0.939. The predicted octanol–water partition coefficient (Wildman–Crippen LogP) is 3.06. The molecular weight excluding hydrogens is 274 g/mol. The summed E-state index contributed by atoms with van der Waals surface area (Å²) in [6, 6.07) is 12.4. The normalized spacial score (nSPS) is 11.4. The van der Waals surface area contributed by atoms with Crippen molar-refractivity contribution in [2.45, 2.75) is 6.42 Å². The first-order valence-corrected chi connectivity index (χ1v) is 6.42. The van der Waals surface area contributed by atoms with Crippen LogP contribution in [0, 0.1) is 17.2 Å². The van der Waals surface area contributed by atoms with Gasteiger partial charge in [-0.15, -0.1) is 0 Å². The molecular formula is C15H12ClN3O. The van der Waals surface area contributed by atoms with Crippen LogP contribution in [0.15, 0.2) is 48.8 Å². The molecule has 0 aliphatic rings. The van der Waals surface area contributed by atoms with Crippen molar-refractivity contribution >= 4 is 23.2 Å². The third-order valence-electron chi connectivity index (χ3n) is 2.73. The molecule has 1 amide bonds. The lowest BCUT2D eigenvalue weighted by atomic mass is 10.0. The van der Waals surface area contributed by atoms with Crippen LogP contribution in [-0.2, 0) is 11.2 Å². The van der Waals surface area contributed by atoms with E-state index in [1.54, 1.807) is 42.7 Å². The summed E-state index contributed by atoms with van der Waals surface area (Å²) < 4.78 is 0. The fraction of sp³-hybridized carbons (Fsp3) is 0.133. The SMILES string of the molecule is N#C[C@@H](Cc1cccnc1)C(=O)Nc1cccc(Cl)c1. The monoisotopic (exact) mass is 285 g/mol. The Labute approximate surface area is 122 Å². The number of nitriles is 1. The van der Waals surface area contributed by atoms with Crippen molar-refractivity contribution in [2.75, 3.05) is 5.32 Å². The molecule has 1 aromatic carbocycles. The van der Waals surface area contributed by atoms with E-state index in [0.717, 1.165) is 5.56 Å². The molecule has 2 aromatic rings. The Bertz CT molecular complexity index is 637. The number of rotatable bonds is 4. The van der Waals surface area contributed by atoms with Crippen LogP contribution in [0.5, 0.6) is 0 Å². The van der Waals surface area contributed by atoms with E-state index < -0.39 is 5.92 Å². The number of aromatic nitrogens is 1. The Morgan fingerprint density at radius 1 is 1.40 bits per heavy atom. The zero-order valence-electron chi connectivity index (χ0n) is 10.6. The highest BCUT2D eigenvalue weighted by Gasteiger charge is 2.18. The summed E-state index contributed by atoms with van der Waals surface area (Å²) in [6.07, 6.45) is 3.63. The molecule has 1 heterocycles. The molecule has 4 nitrogen and oxygen atoms in total. The lowest BCUT2D eigenvalue weighted by molar-refractivity contribution is -0.118. The Morgan fingerprint density at radius 3 is 2.90 bits per heavy atom. The van der Waals surface area contributed by atoms with Gasteiger partial charge in [-0.2, -0.15) is 5.26 Å². The number of pyridine rings is 1. The number of nitrogens with one attached hydrogen (secondary N) is 1. The highest BCUT2D eigenvalue weighted by molar-refractivity contribution is 6.30. The number of carbonyl (C=O) groups excluding carboxylic acids is 1. The molecule has 1 N–H and O–H groups in total. The number of carbonyl (C=O) groups is 1. The molecule has 0 saturated carbocycles. The third kappa shape index (κ3) is 3.81. The summed E-state index contributed by atoms with van der Waals surface area (Å²) >= 11 is 5.85. The smallest absolute Gasteiger partial charge is 0.242 e. The maximum atomic E-state index is 12.1. The number of benzene rings is 1. The Morgan fingerprint density at radius 2 is 2.25 bits per heavy atom. The van der Waals surface area contributed by atoms with Crippen LogP contribution in [-0.4, -0.2) is 10.9 Å². The van der Waals surface area contributed by atoms with E-state index in [2.05, 4.69) is 10.3 Å². The number of hydrogen-bond donors (Lipinski definition) is 1. The number of amides is 1. The van der Waals surface area contributed by atoms with Gasteiger partial charge in [0.15, 0.2) is 0 Å². The minimum atomic E-state index is -0.766. The molecule has 1 atom stereocenters. The summed E-state index contributed by atoms with van der Waals surface area (Å²) in [5.74, 6) is -1.11. The van der Waals surface area contributed by atoms with Crippen molar-refractivity contribution in [1.29, 1.82) is 5.26 Å². The van der Waals surface area contributed by atoms with E-state index in [1.807, 2.05) is 12.1 Å². The molecule has 2 rings (SSSR count). The maximum absolute atomic E-state index is 12.1. The average molecular weight is 286 g/mol. The van der Waals surface area contributed by atoms with Gasteiger partial charge >= 0.3 is 0 Å². The zero-order valence-corrected chi connectivity index (χ0v) is 11.3. The fourth-order valence-electron chi connectivity index (χ4n) is 1.75. The Kier molecular flexibility index (Phi) is 4.70. The summed E-state index contributed by atoms with van der Waals surface area (Å²) in [5.41, 5.74) is 1.43. The van der Waals surface area contributed by atoms with Crippen LogP contribution in [0.1, 0.15) is 5.56 Å². The third-order valence-corrected chi connectivity index (χ3v) is 2.96. The largest absolute Gasteiger partial charge is 0.325 e. The minimum absolute atomic E-state index is 0.330. The second-order valence-electron chi connectivity index (χ2n) is 4.25. The van der Waals surface area contributed by atoms with Crippen molar-refractivity contribution in [2.24, 2.45) is 5.92 Å². The zero-order chi connectivity index (χ0) is 14.4. The summed E-state index contributed by atoms with van der Waals surface area (Å²) in [7, 11) is 0. The van der Waals surface area contributed by atoms with Crippen LogP contribution in [0.4, 0.5) is 5.69 Å². The Balaban J connectivity index is 2.05. The van der Waals surface area contributed by atoms with E-state index in [1.165, 1.54) is 0 Å². The van der Waals surface area contributed by atoms with Gasteiger partial charge in [-0.25, -0.2) is 0 Å². The molecule has 20 heavy (non-hydrogen) atoms. The van der Waals surface area contributed by atoms with Gasteiger partial charge in [-0.1, -0.05) is 23.7 Å². The van der Waals surface area contributed by atoms with Gasteiger partial charge in [0.1, 0.15) is 5.92 Å². The molecule has 0 bridgehead atoms. The van der Waals surface area contributed by atoms with E-state index >= 15 is 0 Å². The van der Waals surface area contributed by atoms with Gasteiger partial charge in [0.2, 0.25) is 5.91 Å². The second kappa shape index (κ2) is 6.69. The number of halogens is 1. The van der Waals surface area contributed by atoms with Crippen LogP contribution < -0.4 is 5.32 Å². The average Bonchev–Trinajstić information content (AvgIpc) is 2.45. The fourth-order valence-corrected chi connectivity index (χ4v) is 1.94. The molecule has 0 radical (unpaired) electrons. The molecule has 0 aliphatic heterocycles. The molecule has 0 saturated heterocycles. The van der Waals surface area contributed by atoms with Crippen molar-refractivity contribution < 1.29 is 4.79 Å². The molecule has 0 fully saturated rings. The van der Waals surface area contributed by atoms with Gasteiger partial charge in [-0.3, -0.25) is 9.78 Å². The van der Waals surface area contributed by atoms with E-state index in [4.69, 9.17) is 16.9 Å². The second-order valence-corrected chi connectivity index (χ2v) is 4.68. The predicted molar refractivity (Wildman–Crippen MR) is 77.1 cm³/mol. The first-order valence-electron chi connectivity index (χ1n) is 6.04. The summed E-state index contributed by atoms with van der Waals surface area (Å²) in [6.45, 7) is 0. The molecule has 5 heteroatoms. The Hall–Kier alpha value is -2.38. The lowest BCUT2D eigenvalue weighted by Gasteiger charge is -2.10. The van der Waals surface area contributed by atoms with Gasteiger partial charge in [0, 0.05) is 23.1 Å². The topological polar surface area (TPSA) is 65.8 Å². The molecule has 1 aromatic heterocycles. The molecule has 100 valence electrons. The number of hydrogen-bond acceptors (Lipinski definition) is 3. The number of nitrogens with zero attached hydrogens (tertiary/aromatic N) is 2. The minimum Gasteiger partial charge on any atom is -0.325 e. The van der Waals surface area contributed by atoms with E-state index in [0.29, 0.717) is 17.1 Å². The summed E-state index contributed by atoms with van der Waals surface area (Å²) in [4.78, 5) is 16.0. The van der Waals surface area contributed by atoms with Gasteiger partial charge in [-0.05, 0) is 36.2 Å². The lowest BCUT2D eigenvalue weighted by Crippen LogP contribution is -2.23. The highest BCUT2D eigenvalue weighted by Crippen LogP contribution is 2.16. The standard InChI is InChI=1S/C15H12ClN3O/c16-13-4-1-5-14(8-13)19-15(20)12(9-17)7-11-3-2-6-18-10-11/h1-6,8,10,12H,7H2,(H,19,20)/t12-/m1/s1. The van der Waals surface area contributed by atoms with Gasteiger partial charge in [0.25, 0.3) is 0 Å². The van der Waals surface area contributed by atoms with Crippen LogP contribution in [0.2, 0.25) is 5.02 Å². The van der Waals surface area contributed by atoms with Crippen LogP contribution >= 0.6 is 11.6 Å². The van der Waals surface area contributed by atoms with Crippen LogP contribution in [0.3, 0.4) is 0 Å². The molecule has 0 unspecified atom stereocenters. The molecule has 0 aliphatic carbocycles. The van der Waals surface area contributed by atoms with Crippen molar-refractivity contribution in [1.82, 2.24) is 4.98 Å². The van der Waals surface area contributed by atoms with Crippen LogP contribution in [0.25, 0.3) is 0 Å². The van der Waals surface area contributed by atoms with Crippen molar-refractivity contribution in [3.8, 4) is 6.07 Å². The van der Waals surface area contributed by atoms with Crippen molar-refractivity contribution in [3.05, 3.63) is 59.4 Å². The van der Waals surface area contributed by atoms with Crippen molar-refractivity contribution in [3.63, 3.8) is 0 Å². The first kappa shape index (κ1) is 14.0. The molecule has 0 spiro atoms. The number of anilines is 1. The van der Waals surface area contributed by atoms with Gasteiger partial charge in [0.05, 0.1) is 6.07 Å². The van der Waals surface area contributed by atoms with Gasteiger partial charge < -0.3 is 5.32 Å².